The van der Waals surface area contributed by atoms with E-state index in [9.17, 15) is 20.1 Å². The van der Waals surface area contributed by atoms with E-state index in [1.54, 1.807) is 24.3 Å². The second-order valence-corrected chi connectivity index (χ2v) is 8.70. The van der Waals surface area contributed by atoms with Gasteiger partial charge in [0.05, 0.1) is 28.5 Å². The Morgan fingerprint density at radius 2 is 1.89 bits per heavy atom. The summed E-state index contributed by atoms with van der Waals surface area (Å²) < 4.78 is 0.891. The van der Waals surface area contributed by atoms with Gasteiger partial charge in [-0.2, -0.15) is 10.5 Å². The summed E-state index contributed by atoms with van der Waals surface area (Å²) in [6, 6.07) is 11.4. The zero-order valence-corrected chi connectivity index (χ0v) is 17.0. The third kappa shape index (κ3) is 3.81. The number of Topliss-reactive ketones (excluding diaryl/α,β-unsaturated/α-hetero) is 1. The first-order chi connectivity index (χ1) is 13.0. The zero-order valence-electron chi connectivity index (χ0n) is 14.6. The number of nitriles is 2. The lowest BCUT2D eigenvalue weighted by molar-refractivity contribution is -0.126. The first-order valence-electron chi connectivity index (χ1n) is 8.79. The fraction of sp³-hybridized carbons (Fsp3) is 0.400. The molecule has 0 unspecified atom stereocenters. The molecule has 27 heavy (non-hydrogen) atoms. The molecule has 1 amide bonds. The topological polar surface area (TPSA) is 93.8 Å². The molecule has 1 N–H and O–H groups in total. The van der Waals surface area contributed by atoms with Crippen LogP contribution in [0.1, 0.15) is 42.5 Å². The summed E-state index contributed by atoms with van der Waals surface area (Å²) in [5.41, 5.74) is 0.323. The fourth-order valence-electron chi connectivity index (χ4n) is 3.90. The van der Waals surface area contributed by atoms with E-state index in [-0.39, 0.29) is 17.4 Å². The number of benzene rings is 1. The maximum absolute atomic E-state index is 12.5. The Kier molecular flexibility index (Phi) is 6.04. The van der Waals surface area contributed by atoms with Crippen molar-refractivity contribution in [1.29, 1.82) is 10.5 Å². The molecular formula is C20H18BrN3O2S. The Morgan fingerprint density at radius 1 is 1.22 bits per heavy atom. The minimum Gasteiger partial charge on any atom is -0.319 e. The van der Waals surface area contributed by atoms with E-state index in [0.717, 1.165) is 23.7 Å². The predicted molar refractivity (Wildman–Crippen MR) is 106 cm³/mol. The molecule has 0 saturated heterocycles. The van der Waals surface area contributed by atoms with Gasteiger partial charge in [-0.05, 0) is 25.0 Å². The number of nitrogens with one attached hydrogen (secondary N) is 1. The summed E-state index contributed by atoms with van der Waals surface area (Å²) in [5, 5.41) is 22.5. The van der Waals surface area contributed by atoms with Crippen molar-refractivity contribution in [3.63, 3.8) is 0 Å². The van der Waals surface area contributed by atoms with Crippen LogP contribution in [0, 0.1) is 34.0 Å². The number of nitrogens with zero attached hydrogens (tertiary/aromatic N) is 2. The highest BCUT2D eigenvalue weighted by Gasteiger charge is 2.51. The molecule has 1 heterocycles. The lowest BCUT2D eigenvalue weighted by Crippen LogP contribution is -2.48. The minimum atomic E-state index is -0.848. The number of ketones is 1. The molecule has 1 aromatic rings. The van der Waals surface area contributed by atoms with E-state index < -0.39 is 11.3 Å². The van der Waals surface area contributed by atoms with Gasteiger partial charge in [0.25, 0.3) is 0 Å². The monoisotopic (exact) mass is 443 g/mol. The SMILES string of the molecule is N#CC1=C(SCC(=O)c2ccc(Br)cc2)NC(=O)[C@H](C#N)C12CCCCC2. The Morgan fingerprint density at radius 3 is 2.48 bits per heavy atom. The van der Waals surface area contributed by atoms with Crippen LogP contribution in [-0.4, -0.2) is 17.4 Å². The van der Waals surface area contributed by atoms with E-state index >= 15 is 0 Å². The van der Waals surface area contributed by atoms with Crippen molar-refractivity contribution in [2.45, 2.75) is 32.1 Å². The van der Waals surface area contributed by atoms with Crippen molar-refractivity contribution in [1.82, 2.24) is 5.32 Å². The molecule has 1 spiro atoms. The normalized spacial score (nSPS) is 21.3. The number of rotatable bonds is 4. The van der Waals surface area contributed by atoms with E-state index in [1.807, 2.05) is 0 Å². The lowest BCUT2D eigenvalue weighted by Gasteiger charge is -2.43. The molecule has 1 fully saturated rings. The van der Waals surface area contributed by atoms with Crippen LogP contribution in [0.5, 0.6) is 0 Å². The molecule has 5 nitrogen and oxygen atoms in total. The maximum Gasteiger partial charge on any atom is 0.243 e. The van der Waals surface area contributed by atoms with Gasteiger partial charge in [0, 0.05) is 15.5 Å². The van der Waals surface area contributed by atoms with Gasteiger partial charge in [0.1, 0.15) is 5.92 Å². The third-order valence-electron chi connectivity index (χ3n) is 5.28. The number of thioether (sulfide) groups is 1. The second-order valence-electron chi connectivity index (χ2n) is 6.80. The highest BCUT2D eigenvalue weighted by Crippen LogP contribution is 2.51. The minimum absolute atomic E-state index is 0.0772. The molecule has 2 aliphatic rings. The van der Waals surface area contributed by atoms with Crippen LogP contribution in [0.2, 0.25) is 0 Å². The van der Waals surface area contributed by atoms with Gasteiger partial charge in [0.2, 0.25) is 5.91 Å². The highest BCUT2D eigenvalue weighted by molar-refractivity contribution is 9.10. The van der Waals surface area contributed by atoms with Gasteiger partial charge >= 0.3 is 0 Å². The van der Waals surface area contributed by atoms with Crippen LogP contribution in [0.4, 0.5) is 0 Å². The molecule has 7 heteroatoms. The summed E-state index contributed by atoms with van der Waals surface area (Å²) in [6.07, 6.45) is 4.15. The molecule has 1 saturated carbocycles. The highest BCUT2D eigenvalue weighted by atomic mass is 79.9. The van der Waals surface area contributed by atoms with Crippen LogP contribution in [0.3, 0.4) is 0 Å². The smallest absolute Gasteiger partial charge is 0.243 e. The van der Waals surface area contributed by atoms with Crippen molar-refractivity contribution in [3.05, 3.63) is 44.9 Å². The standard InChI is InChI=1S/C20H18BrN3O2S/c21-14-6-4-13(5-7-14)17(25)12-27-19-16(11-23)20(8-2-1-3-9-20)15(10-22)18(26)24-19/h4-7,15H,1-3,8-9,12H2,(H,24,26)/t15-/m0/s1. The van der Waals surface area contributed by atoms with E-state index in [0.29, 0.717) is 29.0 Å². The van der Waals surface area contributed by atoms with Crippen molar-refractivity contribution in [2.75, 3.05) is 5.75 Å². The maximum atomic E-state index is 12.5. The number of amides is 1. The number of hydrogen-bond acceptors (Lipinski definition) is 5. The molecule has 1 aromatic carbocycles. The van der Waals surface area contributed by atoms with E-state index in [2.05, 4.69) is 33.4 Å². The first-order valence-corrected chi connectivity index (χ1v) is 10.6. The quantitative estimate of drug-likeness (QED) is 0.699. The van der Waals surface area contributed by atoms with Crippen molar-refractivity contribution < 1.29 is 9.59 Å². The van der Waals surface area contributed by atoms with Crippen LogP contribution < -0.4 is 5.32 Å². The summed E-state index contributed by atoms with van der Waals surface area (Å²) in [7, 11) is 0. The summed E-state index contributed by atoms with van der Waals surface area (Å²) >= 11 is 4.51. The predicted octanol–water partition coefficient (Wildman–Crippen LogP) is 4.32. The summed E-state index contributed by atoms with van der Waals surface area (Å²) in [6.45, 7) is 0. The average Bonchev–Trinajstić information content (AvgIpc) is 2.67. The molecule has 1 aliphatic carbocycles. The molecule has 0 aromatic heterocycles. The zero-order chi connectivity index (χ0) is 19.4. The van der Waals surface area contributed by atoms with E-state index in [1.165, 1.54) is 11.8 Å². The molecule has 0 radical (unpaired) electrons. The van der Waals surface area contributed by atoms with Crippen LogP contribution in [0.15, 0.2) is 39.3 Å². The van der Waals surface area contributed by atoms with Crippen LogP contribution >= 0.6 is 27.7 Å². The summed E-state index contributed by atoms with van der Waals surface area (Å²) in [5.74, 6) is -1.17. The Bertz CT molecular complexity index is 874. The van der Waals surface area contributed by atoms with Gasteiger partial charge < -0.3 is 5.32 Å². The number of allylic oxidation sites excluding steroid dienone is 1. The largest absolute Gasteiger partial charge is 0.319 e. The molecule has 1 aliphatic heterocycles. The van der Waals surface area contributed by atoms with Crippen LogP contribution in [0.25, 0.3) is 0 Å². The lowest BCUT2D eigenvalue weighted by atomic mass is 9.61. The van der Waals surface area contributed by atoms with Crippen LogP contribution in [-0.2, 0) is 4.79 Å². The fourth-order valence-corrected chi connectivity index (χ4v) is 5.17. The third-order valence-corrected chi connectivity index (χ3v) is 6.81. The van der Waals surface area contributed by atoms with Gasteiger partial charge in [-0.15, -0.1) is 0 Å². The Labute approximate surface area is 170 Å². The van der Waals surface area contributed by atoms with Gasteiger partial charge in [0.15, 0.2) is 5.78 Å². The van der Waals surface area contributed by atoms with Gasteiger partial charge in [-0.3, -0.25) is 9.59 Å². The van der Waals surface area contributed by atoms with Crippen molar-refractivity contribution in [3.8, 4) is 12.1 Å². The number of halogens is 1. The molecule has 138 valence electrons. The van der Waals surface area contributed by atoms with Crippen molar-refractivity contribution >= 4 is 39.4 Å². The second kappa shape index (κ2) is 8.29. The molecule has 1 atom stereocenters. The molecular weight excluding hydrogens is 426 g/mol. The summed E-state index contributed by atoms with van der Waals surface area (Å²) in [4.78, 5) is 25.0. The molecule has 0 bridgehead atoms. The van der Waals surface area contributed by atoms with Gasteiger partial charge in [-0.1, -0.05) is 59.1 Å². The Balaban J connectivity index is 1.87. The molecule has 3 rings (SSSR count). The number of hydrogen-bond donors (Lipinski definition) is 1. The number of carbonyl (C=O) groups is 2. The number of carbonyl (C=O) groups excluding carboxylic acids is 2. The van der Waals surface area contributed by atoms with Crippen molar-refractivity contribution in [2.24, 2.45) is 11.3 Å². The van der Waals surface area contributed by atoms with E-state index in [4.69, 9.17) is 0 Å². The average molecular weight is 444 g/mol. The first kappa shape index (κ1) is 19.7. The van der Waals surface area contributed by atoms with Gasteiger partial charge in [-0.25, -0.2) is 0 Å². The Hall–Kier alpha value is -2.09.